The molecule has 3 rings (SSSR count). The number of unbranched alkanes of at least 4 members (excludes halogenated alkanes) is 1. The van der Waals surface area contributed by atoms with Gasteiger partial charge in [0.05, 0.1) is 33.0 Å². The zero-order valence-electron chi connectivity index (χ0n) is 19.3. The molecule has 6 nitrogen and oxygen atoms in total. The number of anilines is 1. The van der Waals surface area contributed by atoms with E-state index in [1.807, 2.05) is 25.1 Å². The highest BCUT2D eigenvalue weighted by atomic mass is 16.5. The summed E-state index contributed by atoms with van der Waals surface area (Å²) < 4.78 is 16.6. The standard InChI is InChI=1S/C26H34N2O4/c1-4-5-16-32-24-12-6-21(19-25(24)30-3)7-13-26(29)27-20(2)22-8-10-23(11-9-22)28-14-17-31-18-15-28/h6-13,19-20H,4-5,14-18H2,1-3H3,(H,27,29)/b13-7+. The summed E-state index contributed by atoms with van der Waals surface area (Å²) in [5.74, 6) is 1.24. The Balaban J connectivity index is 1.55. The van der Waals surface area contributed by atoms with Crippen LogP contribution in [-0.4, -0.2) is 45.9 Å². The highest BCUT2D eigenvalue weighted by Gasteiger charge is 2.13. The van der Waals surface area contributed by atoms with Crippen molar-refractivity contribution in [3.8, 4) is 11.5 Å². The summed E-state index contributed by atoms with van der Waals surface area (Å²) in [4.78, 5) is 14.7. The van der Waals surface area contributed by atoms with Crippen LogP contribution >= 0.6 is 0 Å². The van der Waals surface area contributed by atoms with Crippen LogP contribution in [0.15, 0.2) is 48.5 Å². The van der Waals surface area contributed by atoms with Crippen molar-refractivity contribution in [2.75, 3.05) is 44.9 Å². The molecule has 2 aromatic rings. The molecule has 1 aliphatic heterocycles. The van der Waals surface area contributed by atoms with Gasteiger partial charge < -0.3 is 24.4 Å². The maximum atomic E-state index is 12.4. The number of hydrogen-bond donors (Lipinski definition) is 1. The number of carbonyl (C=O) groups excluding carboxylic acids is 1. The Morgan fingerprint density at radius 1 is 1.16 bits per heavy atom. The van der Waals surface area contributed by atoms with E-state index in [1.54, 1.807) is 19.3 Å². The average Bonchev–Trinajstić information content (AvgIpc) is 2.84. The van der Waals surface area contributed by atoms with Crippen molar-refractivity contribution in [2.24, 2.45) is 0 Å². The van der Waals surface area contributed by atoms with Gasteiger partial charge in [0.15, 0.2) is 11.5 Å². The summed E-state index contributed by atoms with van der Waals surface area (Å²) in [5, 5.41) is 3.02. The van der Waals surface area contributed by atoms with Gasteiger partial charge in [0.25, 0.3) is 0 Å². The van der Waals surface area contributed by atoms with Crippen LogP contribution in [0.1, 0.15) is 43.9 Å². The fourth-order valence-electron chi connectivity index (χ4n) is 3.55. The quantitative estimate of drug-likeness (QED) is 0.434. The SMILES string of the molecule is CCCCOc1ccc(/C=C/C(=O)NC(C)c2ccc(N3CCOCC3)cc2)cc1OC. The van der Waals surface area contributed by atoms with Crippen LogP contribution in [0.3, 0.4) is 0 Å². The summed E-state index contributed by atoms with van der Waals surface area (Å²) in [6, 6.07) is 13.9. The molecule has 2 aromatic carbocycles. The Labute approximate surface area is 191 Å². The monoisotopic (exact) mass is 438 g/mol. The summed E-state index contributed by atoms with van der Waals surface area (Å²) >= 11 is 0. The van der Waals surface area contributed by atoms with Crippen molar-refractivity contribution in [2.45, 2.75) is 32.7 Å². The van der Waals surface area contributed by atoms with Gasteiger partial charge in [0.2, 0.25) is 5.91 Å². The first-order valence-corrected chi connectivity index (χ1v) is 11.3. The van der Waals surface area contributed by atoms with Crippen LogP contribution in [0.5, 0.6) is 11.5 Å². The molecule has 1 unspecified atom stereocenters. The summed E-state index contributed by atoms with van der Waals surface area (Å²) in [6.45, 7) is 8.12. The molecule has 1 amide bonds. The third kappa shape index (κ3) is 6.76. The van der Waals surface area contributed by atoms with Gasteiger partial charge in [-0.05, 0) is 54.8 Å². The number of amides is 1. The van der Waals surface area contributed by atoms with Crippen molar-refractivity contribution in [3.63, 3.8) is 0 Å². The molecule has 6 heteroatoms. The number of morpholine rings is 1. The lowest BCUT2D eigenvalue weighted by Crippen LogP contribution is -2.36. The first-order chi connectivity index (χ1) is 15.6. The Morgan fingerprint density at radius 3 is 2.59 bits per heavy atom. The topological polar surface area (TPSA) is 60.0 Å². The third-order valence-electron chi connectivity index (χ3n) is 5.50. The van der Waals surface area contributed by atoms with E-state index in [0.29, 0.717) is 12.4 Å². The van der Waals surface area contributed by atoms with Crippen molar-refractivity contribution in [3.05, 3.63) is 59.7 Å². The molecule has 0 bridgehead atoms. The predicted molar refractivity (Wildman–Crippen MR) is 128 cm³/mol. The number of methoxy groups -OCH3 is 1. The maximum absolute atomic E-state index is 12.4. The molecule has 1 fully saturated rings. The van der Waals surface area contributed by atoms with E-state index < -0.39 is 0 Å². The van der Waals surface area contributed by atoms with E-state index in [4.69, 9.17) is 14.2 Å². The third-order valence-corrected chi connectivity index (χ3v) is 5.50. The van der Waals surface area contributed by atoms with Gasteiger partial charge >= 0.3 is 0 Å². The lowest BCUT2D eigenvalue weighted by molar-refractivity contribution is -0.117. The first kappa shape index (κ1) is 23.7. The van der Waals surface area contributed by atoms with Crippen LogP contribution < -0.4 is 19.7 Å². The van der Waals surface area contributed by atoms with Crippen LogP contribution in [0.4, 0.5) is 5.69 Å². The molecule has 1 N–H and O–H groups in total. The van der Waals surface area contributed by atoms with Gasteiger partial charge in [-0.2, -0.15) is 0 Å². The Morgan fingerprint density at radius 2 is 1.91 bits per heavy atom. The second-order valence-electron chi connectivity index (χ2n) is 7.87. The number of ether oxygens (including phenoxy) is 3. The van der Waals surface area contributed by atoms with E-state index in [9.17, 15) is 4.79 Å². The molecular weight excluding hydrogens is 404 g/mol. The molecule has 0 saturated carbocycles. The zero-order chi connectivity index (χ0) is 22.8. The molecule has 172 valence electrons. The Kier molecular flexibility index (Phi) is 8.99. The van der Waals surface area contributed by atoms with Crippen LogP contribution in [0.2, 0.25) is 0 Å². The fraction of sp³-hybridized carbons (Fsp3) is 0.423. The lowest BCUT2D eigenvalue weighted by Gasteiger charge is -2.29. The zero-order valence-corrected chi connectivity index (χ0v) is 19.3. The minimum absolute atomic E-state index is 0.0882. The molecule has 1 atom stereocenters. The first-order valence-electron chi connectivity index (χ1n) is 11.3. The molecule has 32 heavy (non-hydrogen) atoms. The largest absolute Gasteiger partial charge is 0.493 e. The van der Waals surface area contributed by atoms with Gasteiger partial charge in [-0.15, -0.1) is 0 Å². The van der Waals surface area contributed by atoms with Crippen LogP contribution in [0, 0.1) is 0 Å². The van der Waals surface area contributed by atoms with Crippen LogP contribution in [0.25, 0.3) is 6.08 Å². The molecule has 1 heterocycles. The minimum atomic E-state index is -0.142. The molecule has 0 radical (unpaired) electrons. The van der Waals surface area contributed by atoms with Crippen LogP contribution in [-0.2, 0) is 9.53 Å². The highest BCUT2D eigenvalue weighted by Crippen LogP contribution is 2.29. The van der Waals surface area contributed by atoms with Crippen molar-refractivity contribution in [1.82, 2.24) is 5.32 Å². The second-order valence-corrected chi connectivity index (χ2v) is 7.87. The smallest absolute Gasteiger partial charge is 0.244 e. The summed E-state index contributed by atoms with van der Waals surface area (Å²) in [5.41, 5.74) is 3.13. The number of nitrogens with one attached hydrogen (secondary N) is 1. The fourth-order valence-corrected chi connectivity index (χ4v) is 3.55. The molecule has 1 aliphatic rings. The normalized spacial score (nSPS) is 14.9. The van der Waals surface area contributed by atoms with Gasteiger partial charge in [-0.1, -0.05) is 31.5 Å². The van der Waals surface area contributed by atoms with Gasteiger partial charge in [-0.25, -0.2) is 0 Å². The Hall–Kier alpha value is -2.99. The molecule has 0 aromatic heterocycles. The van der Waals surface area contributed by atoms with Gasteiger partial charge in [-0.3, -0.25) is 4.79 Å². The number of nitrogens with zero attached hydrogens (tertiary/aromatic N) is 1. The highest BCUT2D eigenvalue weighted by molar-refractivity contribution is 5.92. The van der Waals surface area contributed by atoms with Gasteiger partial charge in [0.1, 0.15) is 0 Å². The van der Waals surface area contributed by atoms with E-state index in [2.05, 4.69) is 41.4 Å². The number of carbonyl (C=O) groups is 1. The van der Waals surface area contributed by atoms with Crippen molar-refractivity contribution < 1.29 is 19.0 Å². The van der Waals surface area contributed by atoms with E-state index in [-0.39, 0.29) is 11.9 Å². The van der Waals surface area contributed by atoms with Gasteiger partial charge in [0, 0.05) is 24.9 Å². The summed E-state index contributed by atoms with van der Waals surface area (Å²) in [6.07, 6.45) is 5.40. The maximum Gasteiger partial charge on any atom is 0.244 e. The second kappa shape index (κ2) is 12.2. The number of rotatable bonds is 10. The predicted octanol–water partition coefficient (Wildman–Crippen LogP) is 4.60. The minimum Gasteiger partial charge on any atom is -0.493 e. The number of hydrogen-bond acceptors (Lipinski definition) is 5. The molecule has 0 aliphatic carbocycles. The Bertz CT molecular complexity index is 889. The molecular formula is C26H34N2O4. The van der Waals surface area contributed by atoms with E-state index in [1.165, 1.54) is 5.69 Å². The van der Waals surface area contributed by atoms with Crippen molar-refractivity contribution in [1.29, 1.82) is 0 Å². The van der Waals surface area contributed by atoms with E-state index >= 15 is 0 Å². The molecule has 0 spiro atoms. The lowest BCUT2D eigenvalue weighted by atomic mass is 10.1. The van der Waals surface area contributed by atoms with Crippen molar-refractivity contribution >= 4 is 17.7 Å². The van der Waals surface area contributed by atoms with E-state index in [0.717, 1.165) is 56.0 Å². The average molecular weight is 439 g/mol. The summed E-state index contributed by atoms with van der Waals surface area (Å²) in [7, 11) is 1.62. The number of benzene rings is 2. The molecule has 1 saturated heterocycles.